The monoisotopic (exact) mass is 297 g/mol. The summed E-state index contributed by atoms with van der Waals surface area (Å²) >= 11 is 0. The largest absolute Gasteiger partial charge is 0.337 e. The van der Waals surface area contributed by atoms with Crippen LogP contribution in [0.1, 0.15) is 11.3 Å². The molecule has 0 saturated heterocycles. The van der Waals surface area contributed by atoms with Crippen molar-refractivity contribution in [2.45, 2.75) is 18.7 Å². The van der Waals surface area contributed by atoms with Gasteiger partial charge in [-0.3, -0.25) is 10.1 Å². The number of anilines is 1. The SMILES string of the molecule is Cc1noc(NS(=O)(=O)c2cccc([N+](=O)[O-])c2)c1C. The molecule has 2 aromatic rings. The van der Waals surface area contributed by atoms with Crippen molar-refractivity contribution in [1.82, 2.24) is 5.16 Å². The van der Waals surface area contributed by atoms with E-state index in [-0.39, 0.29) is 16.5 Å². The van der Waals surface area contributed by atoms with Crippen molar-refractivity contribution in [2.24, 2.45) is 0 Å². The van der Waals surface area contributed by atoms with E-state index < -0.39 is 14.9 Å². The lowest BCUT2D eigenvalue weighted by molar-refractivity contribution is -0.385. The number of nitrogens with zero attached hydrogens (tertiary/aromatic N) is 2. The van der Waals surface area contributed by atoms with Gasteiger partial charge in [-0.25, -0.2) is 13.1 Å². The van der Waals surface area contributed by atoms with Crippen LogP contribution in [0.25, 0.3) is 0 Å². The van der Waals surface area contributed by atoms with Crippen molar-refractivity contribution in [1.29, 1.82) is 0 Å². The number of sulfonamides is 1. The summed E-state index contributed by atoms with van der Waals surface area (Å²) < 4.78 is 31.3. The molecule has 0 aliphatic heterocycles. The minimum absolute atomic E-state index is 0.00555. The lowest BCUT2D eigenvalue weighted by Crippen LogP contribution is -2.13. The Morgan fingerprint density at radius 1 is 1.35 bits per heavy atom. The van der Waals surface area contributed by atoms with Gasteiger partial charge in [-0.1, -0.05) is 11.2 Å². The highest BCUT2D eigenvalue weighted by atomic mass is 32.2. The van der Waals surface area contributed by atoms with Gasteiger partial charge in [0.25, 0.3) is 15.7 Å². The van der Waals surface area contributed by atoms with Gasteiger partial charge >= 0.3 is 0 Å². The van der Waals surface area contributed by atoms with Crippen molar-refractivity contribution < 1.29 is 17.9 Å². The van der Waals surface area contributed by atoms with E-state index in [1.807, 2.05) is 0 Å². The van der Waals surface area contributed by atoms with Gasteiger partial charge in [-0.2, -0.15) is 0 Å². The second kappa shape index (κ2) is 4.93. The molecule has 8 nitrogen and oxygen atoms in total. The maximum Gasteiger partial charge on any atom is 0.270 e. The number of nitrogens with one attached hydrogen (secondary N) is 1. The van der Waals surface area contributed by atoms with Crippen LogP contribution >= 0.6 is 0 Å². The lowest BCUT2D eigenvalue weighted by atomic mass is 10.3. The predicted molar refractivity (Wildman–Crippen MR) is 69.9 cm³/mol. The highest BCUT2D eigenvalue weighted by Crippen LogP contribution is 2.23. The summed E-state index contributed by atoms with van der Waals surface area (Å²) in [5, 5.41) is 14.3. The fraction of sp³-hybridized carbons (Fsp3) is 0.182. The molecule has 0 aliphatic rings. The number of hydrogen-bond donors (Lipinski definition) is 1. The molecule has 0 bridgehead atoms. The summed E-state index contributed by atoms with van der Waals surface area (Å²) in [6.07, 6.45) is 0. The highest BCUT2D eigenvalue weighted by Gasteiger charge is 2.21. The Hall–Kier alpha value is -2.42. The van der Waals surface area contributed by atoms with Crippen LogP contribution in [-0.4, -0.2) is 18.5 Å². The van der Waals surface area contributed by atoms with E-state index in [1.165, 1.54) is 18.2 Å². The molecule has 0 radical (unpaired) electrons. The maximum atomic E-state index is 12.1. The van der Waals surface area contributed by atoms with Crippen molar-refractivity contribution in [3.63, 3.8) is 0 Å². The Morgan fingerprint density at radius 3 is 2.60 bits per heavy atom. The van der Waals surface area contributed by atoms with Gasteiger partial charge in [0.05, 0.1) is 15.5 Å². The van der Waals surface area contributed by atoms with E-state index in [9.17, 15) is 18.5 Å². The summed E-state index contributed by atoms with van der Waals surface area (Å²) in [6, 6.07) is 4.74. The molecule has 0 fully saturated rings. The summed E-state index contributed by atoms with van der Waals surface area (Å²) in [7, 11) is -3.97. The van der Waals surface area contributed by atoms with E-state index in [0.29, 0.717) is 11.3 Å². The van der Waals surface area contributed by atoms with Crippen LogP contribution < -0.4 is 4.72 Å². The van der Waals surface area contributed by atoms with Gasteiger partial charge in [-0.15, -0.1) is 0 Å². The molecular formula is C11H11N3O5S. The molecule has 2 rings (SSSR count). The van der Waals surface area contributed by atoms with Gasteiger partial charge in [0.2, 0.25) is 5.88 Å². The summed E-state index contributed by atoms with van der Waals surface area (Å²) in [5.74, 6) is -0.00555. The Bertz CT molecular complexity index is 766. The minimum Gasteiger partial charge on any atom is -0.337 e. The normalized spacial score (nSPS) is 11.3. The number of nitro benzene ring substituents is 1. The maximum absolute atomic E-state index is 12.1. The van der Waals surface area contributed by atoms with Crippen LogP contribution in [0.2, 0.25) is 0 Å². The third-order valence-electron chi connectivity index (χ3n) is 2.72. The molecule has 1 N–H and O–H groups in total. The highest BCUT2D eigenvalue weighted by molar-refractivity contribution is 7.92. The molecular weight excluding hydrogens is 286 g/mol. The van der Waals surface area contributed by atoms with E-state index in [1.54, 1.807) is 13.8 Å². The quantitative estimate of drug-likeness (QED) is 0.681. The van der Waals surface area contributed by atoms with Crippen LogP contribution in [0.15, 0.2) is 33.7 Å². The zero-order chi connectivity index (χ0) is 14.9. The number of aromatic nitrogens is 1. The second-order valence-electron chi connectivity index (χ2n) is 4.08. The van der Waals surface area contributed by atoms with Gasteiger partial charge in [0.15, 0.2) is 0 Å². The lowest BCUT2D eigenvalue weighted by Gasteiger charge is -2.05. The van der Waals surface area contributed by atoms with Crippen molar-refractivity contribution >= 4 is 21.6 Å². The second-order valence-corrected chi connectivity index (χ2v) is 5.76. The van der Waals surface area contributed by atoms with Crippen molar-refractivity contribution in [2.75, 3.05) is 4.72 Å². The van der Waals surface area contributed by atoms with E-state index in [4.69, 9.17) is 4.52 Å². The number of rotatable bonds is 4. The molecule has 1 heterocycles. The third kappa shape index (κ3) is 2.62. The van der Waals surface area contributed by atoms with E-state index in [0.717, 1.165) is 6.07 Å². The van der Waals surface area contributed by atoms with Crippen molar-refractivity contribution in [3.8, 4) is 0 Å². The number of nitro groups is 1. The Balaban J connectivity index is 2.38. The van der Waals surface area contributed by atoms with Gasteiger partial charge < -0.3 is 4.52 Å². The van der Waals surface area contributed by atoms with Crippen LogP contribution in [0.3, 0.4) is 0 Å². The fourth-order valence-electron chi connectivity index (χ4n) is 1.46. The number of aryl methyl sites for hydroxylation is 1. The first-order chi connectivity index (χ1) is 9.31. The average molecular weight is 297 g/mol. The molecule has 0 saturated carbocycles. The molecule has 1 aromatic heterocycles. The molecule has 0 aliphatic carbocycles. The summed E-state index contributed by atoms with van der Waals surface area (Å²) in [5.41, 5.74) is 0.805. The zero-order valence-corrected chi connectivity index (χ0v) is 11.5. The van der Waals surface area contributed by atoms with Crippen LogP contribution in [0.4, 0.5) is 11.6 Å². The number of hydrogen-bond acceptors (Lipinski definition) is 6. The summed E-state index contributed by atoms with van der Waals surface area (Å²) in [4.78, 5) is 9.77. The first kappa shape index (κ1) is 14.0. The summed E-state index contributed by atoms with van der Waals surface area (Å²) in [6.45, 7) is 3.32. The Kier molecular flexibility index (Phi) is 3.45. The van der Waals surface area contributed by atoms with Gasteiger partial charge in [0.1, 0.15) is 0 Å². The van der Waals surface area contributed by atoms with Gasteiger partial charge in [0, 0.05) is 17.7 Å². The Labute approximate surface area is 114 Å². The number of non-ortho nitro benzene ring substituents is 1. The van der Waals surface area contributed by atoms with Crippen LogP contribution in [0, 0.1) is 24.0 Å². The molecule has 0 amide bonds. The molecule has 1 aromatic carbocycles. The topological polar surface area (TPSA) is 115 Å². The molecule has 106 valence electrons. The predicted octanol–water partition coefficient (Wildman–Crippen LogP) is 2.00. The smallest absolute Gasteiger partial charge is 0.270 e. The Morgan fingerprint density at radius 2 is 2.05 bits per heavy atom. The van der Waals surface area contributed by atoms with Crippen LogP contribution in [-0.2, 0) is 10.0 Å². The average Bonchev–Trinajstić information content (AvgIpc) is 2.70. The first-order valence-corrected chi connectivity index (χ1v) is 7.00. The third-order valence-corrected chi connectivity index (χ3v) is 4.05. The molecule has 0 spiro atoms. The first-order valence-electron chi connectivity index (χ1n) is 5.51. The van der Waals surface area contributed by atoms with E-state index >= 15 is 0 Å². The fourth-order valence-corrected chi connectivity index (χ4v) is 2.54. The number of benzene rings is 1. The van der Waals surface area contributed by atoms with E-state index in [2.05, 4.69) is 9.88 Å². The molecule has 0 unspecified atom stereocenters. The molecule has 0 atom stereocenters. The van der Waals surface area contributed by atoms with Crippen LogP contribution in [0.5, 0.6) is 0 Å². The zero-order valence-electron chi connectivity index (χ0n) is 10.7. The van der Waals surface area contributed by atoms with Gasteiger partial charge in [-0.05, 0) is 19.9 Å². The molecule has 9 heteroatoms. The molecule has 20 heavy (non-hydrogen) atoms. The van der Waals surface area contributed by atoms with Crippen molar-refractivity contribution in [3.05, 3.63) is 45.6 Å². The minimum atomic E-state index is -3.97. The standard InChI is InChI=1S/C11H11N3O5S/c1-7-8(2)12-19-11(7)13-20(17,18)10-5-3-4-9(6-10)14(15)16/h3-6,13H,1-2H3.